The zero-order valence-electron chi connectivity index (χ0n) is 21.6. The SMILES string of the molecule is C[C@@H](O[C@H]1CCN(C(=O)CN2CCNC(=O)C2)C[C@H]1c1ccccc1)c1cc(C(F)(F)F)cc(C(F)(F)F)c1.Cl. The van der Waals surface area contributed by atoms with E-state index in [1.54, 1.807) is 9.80 Å². The summed E-state index contributed by atoms with van der Waals surface area (Å²) in [6, 6.07) is 10.6. The van der Waals surface area contributed by atoms with Gasteiger partial charge >= 0.3 is 12.4 Å². The molecule has 0 spiro atoms. The minimum absolute atomic E-state index is 0. The van der Waals surface area contributed by atoms with Crippen molar-refractivity contribution in [2.75, 3.05) is 39.3 Å². The van der Waals surface area contributed by atoms with Gasteiger partial charge in [-0.25, -0.2) is 0 Å². The van der Waals surface area contributed by atoms with Gasteiger partial charge in [0, 0.05) is 32.1 Å². The van der Waals surface area contributed by atoms with Crippen LogP contribution in [0, 0.1) is 0 Å². The van der Waals surface area contributed by atoms with E-state index in [0.717, 1.165) is 5.56 Å². The van der Waals surface area contributed by atoms with Crippen molar-refractivity contribution in [2.45, 2.75) is 43.8 Å². The number of carbonyl (C=O) groups is 2. The molecule has 2 heterocycles. The molecule has 2 fully saturated rings. The average Bonchev–Trinajstić information content (AvgIpc) is 2.88. The Morgan fingerprint density at radius 3 is 2.23 bits per heavy atom. The molecular formula is C27H30ClF6N3O3. The number of ether oxygens (including phenoxy) is 1. The Labute approximate surface area is 234 Å². The fraction of sp³-hybridized carbons (Fsp3) is 0.481. The third-order valence-electron chi connectivity index (χ3n) is 7.06. The van der Waals surface area contributed by atoms with Gasteiger partial charge in [-0.05, 0) is 42.7 Å². The van der Waals surface area contributed by atoms with Gasteiger partial charge in [-0.3, -0.25) is 14.5 Å². The normalized spacial score (nSPS) is 21.4. The van der Waals surface area contributed by atoms with E-state index in [9.17, 15) is 35.9 Å². The lowest BCUT2D eigenvalue weighted by Gasteiger charge is -2.40. The van der Waals surface area contributed by atoms with Crippen molar-refractivity contribution in [1.29, 1.82) is 0 Å². The van der Waals surface area contributed by atoms with Gasteiger partial charge in [-0.15, -0.1) is 12.4 Å². The van der Waals surface area contributed by atoms with Crippen LogP contribution in [-0.4, -0.2) is 67.0 Å². The van der Waals surface area contributed by atoms with Crippen LogP contribution in [0.3, 0.4) is 0 Å². The molecule has 2 aliphatic heterocycles. The first-order valence-corrected chi connectivity index (χ1v) is 12.6. The molecule has 4 rings (SSSR count). The van der Waals surface area contributed by atoms with Crippen LogP contribution in [-0.2, 0) is 26.7 Å². The molecule has 0 radical (unpaired) electrons. The van der Waals surface area contributed by atoms with Crippen LogP contribution >= 0.6 is 12.4 Å². The Morgan fingerprint density at radius 1 is 1.02 bits per heavy atom. The van der Waals surface area contributed by atoms with Crippen molar-refractivity contribution in [3.63, 3.8) is 0 Å². The summed E-state index contributed by atoms with van der Waals surface area (Å²) in [5.74, 6) is -0.672. The summed E-state index contributed by atoms with van der Waals surface area (Å²) in [5, 5.41) is 2.71. The molecule has 0 aliphatic carbocycles. The summed E-state index contributed by atoms with van der Waals surface area (Å²) in [7, 11) is 0. The highest BCUT2D eigenvalue weighted by molar-refractivity contribution is 5.85. The summed E-state index contributed by atoms with van der Waals surface area (Å²) in [5.41, 5.74) is -2.18. The topological polar surface area (TPSA) is 61.9 Å². The van der Waals surface area contributed by atoms with Gasteiger partial charge in [-0.2, -0.15) is 26.3 Å². The Hall–Kier alpha value is -2.83. The number of hydrogen-bond donors (Lipinski definition) is 1. The first-order chi connectivity index (χ1) is 18.3. The molecule has 2 amide bonds. The molecule has 40 heavy (non-hydrogen) atoms. The molecule has 6 nitrogen and oxygen atoms in total. The molecule has 0 saturated carbocycles. The third-order valence-corrected chi connectivity index (χ3v) is 7.06. The number of amides is 2. The number of rotatable bonds is 6. The zero-order chi connectivity index (χ0) is 28.4. The van der Waals surface area contributed by atoms with Crippen LogP contribution in [0.15, 0.2) is 48.5 Å². The maximum atomic E-state index is 13.4. The number of carbonyl (C=O) groups excluding carboxylic acids is 2. The van der Waals surface area contributed by atoms with E-state index in [1.807, 2.05) is 30.3 Å². The Bertz CT molecular complexity index is 1150. The summed E-state index contributed by atoms with van der Waals surface area (Å²) in [4.78, 5) is 28.2. The highest BCUT2D eigenvalue weighted by Crippen LogP contribution is 2.39. The van der Waals surface area contributed by atoms with E-state index < -0.39 is 35.7 Å². The predicted octanol–water partition coefficient (Wildman–Crippen LogP) is 5.04. The number of piperidine rings is 1. The number of halogens is 7. The van der Waals surface area contributed by atoms with Crippen LogP contribution in [0.2, 0.25) is 0 Å². The summed E-state index contributed by atoms with van der Waals surface area (Å²) >= 11 is 0. The smallest absolute Gasteiger partial charge is 0.370 e. The molecule has 220 valence electrons. The van der Waals surface area contributed by atoms with E-state index in [0.29, 0.717) is 38.2 Å². The lowest BCUT2D eigenvalue weighted by molar-refractivity contribution is -0.143. The van der Waals surface area contributed by atoms with E-state index in [4.69, 9.17) is 4.74 Å². The third kappa shape index (κ3) is 7.88. The Morgan fingerprint density at radius 2 is 1.65 bits per heavy atom. The number of nitrogens with one attached hydrogen (secondary N) is 1. The van der Waals surface area contributed by atoms with E-state index >= 15 is 0 Å². The molecule has 1 N–H and O–H groups in total. The van der Waals surface area contributed by atoms with Gasteiger partial charge in [0.2, 0.25) is 11.8 Å². The van der Waals surface area contributed by atoms with Gasteiger partial charge in [0.05, 0.1) is 36.4 Å². The first-order valence-electron chi connectivity index (χ1n) is 12.6. The summed E-state index contributed by atoms with van der Waals surface area (Å²) in [6.07, 6.45) is -11.2. The molecule has 2 aliphatic rings. The molecular weight excluding hydrogens is 564 g/mol. The van der Waals surface area contributed by atoms with Crippen LogP contribution in [0.1, 0.15) is 47.6 Å². The largest absolute Gasteiger partial charge is 0.416 e. The van der Waals surface area contributed by atoms with Crippen molar-refractivity contribution < 1.29 is 40.7 Å². The van der Waals surface area contributed by atoms with Crippen LogP contribution in [0.25, 0.3) is 0 Å². The minimum atomic E-state index is -4.96. The standard InChI is InChI=1S/C27H29F6N3O3.ClH/c1-17(19-11-20(26(28,29)30)13-21(12-19)27(31,32)33)39-23-7-9-36(14-22(23)18-5-3-2-4-6-18)25(38)16-35-10-8-34-24(37)15-35;/h2-6,11-13,17,22-23H,7-10,14-16H2,1H3,(H,34,37);1H/t17-,22+,23+;/m1./s1. The lowest BCUT2D eigenvalue weighted by Crippen LogP contribution is -2.53. The number of benzene rings is 2. The molecule has 0 bridgehead atoms. The van der Waals surface area contributed by atoms with Crippen LogP contribution in [0.4, 0.5) is 26.3 Å². The van der Waals surface area contributed by atoms with Crippen LogP contribution in [0.5, 0.6) is 0 Å². The average molecular weight is 594 g/mol. The number of hydrogen-bond acceptors (Lipinski definition) is 4. The zero-order valence-corrected chi connectivity index (χ0v) is 22.4. The van der Waals surface area contributed by atoms with Gasteiger partial charge in [0.1, 0.15) is 0 Å². The molecule has 13 heteroatoms. The molecule has 2 aromatic rings. The van der Waals surface area contributed by atoms with Gasteiger partial charge < -0.3 is 15.0 Å². The number of nitrogens with zero attached hydrogens (tertiary/aromatic N) is 2. The van der Waals surface area contributed by atoms with Crippen molar-refractivity contribution in [1.82, 2.24) is 15.1 Å². The number of alkyl halides is 6. The maximum Gasteiger partial charge on any atom is 0.416 e. The van der Waals surface area contributed by atoms with E-state index in [-0.39, 0.29) is 61.4 Å². The Balaban J connectivity index is 0.00000441. The first kappa shape index (κ1) is 31.7. The second kappa shape index (κ2) is 12.8. The van der Waals surface area contributed by atoms with Crippen molar-refractivity contribution in [3.8, 4) is 0 Å². The monoisotopic (exact) mass is 593 g/mol. The van der Waals surface area contributed by atoms with E-state index in [1.165, 1.54) is 6.92 Å². The minimum Gasteiger partial charge on any atom is -0.370 e. The highest BCUT2D eigenvalue weighted by atomic mass is 35.5. The predicted molar refractivity (Wildman–Crippen MR) is 137 cm³/mol. The van der Waals surface area contributed by atoms with Gasteiger partial charge in [0.15, 0.2) is 0 Å². The van der Waals surface area contributed by atoms with Crippen molar-refractivity contribution in [2.24, 2.45) is 0 Å². The van der Waals surface area contributed by atoms with Gasteiger partial charge in [-0.1, -0.05) is 30.3 Å². The molecule has 2 aromatic carbocycles. The second-order valence-electron chi connectivity index (χ2n) is 9.86. The van der Waals surface area contributed by atoms with Crippen LogP contribution < -0.4 is 5.32 Å². The second-order valence-corrected chi connectivity index (χ2v) is 9.86. The fourth-order valence-corrected chi connectivity index (χ4v) is 5.01. The maximum absolute atomic E-state index is 13.4. The lowest BCUT2D eigenvalue weighted by atomic mass is 9.87. The Kier molecular flexibility index (Phi) is 10.1. The van der Waals surface area contributed by atoms with Gasteiger partial charge in [0.25, 0.3) is 0 Å². The molecule has 0 unspecified atom stereocenters. The van der Waals surface area contributed by atoms with Crippen molar-refractivity contribution >= 4 is 24.2 Å². The highest BCUT2D eigenvalue weighted by Gasteiger charge is 2.39. The summed E-state index contributed by atoms with van der Waals surface area (Å²) < 4.78 is 86.4. The number of likely N-dealkylation sites (tertiary alicyclic amines) is 1. The molecule has 2 saturated heterocycles. The van der Waals surface area contributed by atoms with E-state index in [2.05, 4.69) is 5.32 Å². The molecule has 0 aromatic heterocycles. The number of piperazine rings is 1. The fourth-order valence-electron chi connectivity index (χ4n) is 5.01. The van der Waals surface area contributed by atoms with Crippen molar-refractivity contribution in [3.05, 3.63) is 70.8 Å². The molecule has 3 atom stereocenters. The quantitative estimate of drug-likeness (QED) is 0.477. The summed E-state index contributed by atoms with van der Waals surface area (Å²) in [6.45, 7) is 3.19.